The van der Waals surface area contributed by atoms with Crippen LogP contribution in [0.4, 0.5) is 0 Å². The molecule has 0 N–H and O–H groups in total. The molecule has 0 saturated carbocycles. The van der Waals surface area contributed by atoms with Crippen molar-refractivity contribution < 1.29 is 4.84 Å². The molecular weight excluding hydrogens is 245 g/mol. The maximum atomic E-state index is 5.94. The van der Waals surface area contributed by atoms with E-state index < -0.39 is 0 Å². The fourth-order valence-electron chi connectivity index (χ4n) is 2.49. The van der Waals surface area contributed by atoms with Gasteiger partial charge in [-0.1, -0.05) is 58.6 Å². The molecule has 0 spiro atoms. The Labute approximate surface area is 120 Å². The van der Waals surface area contributed by atoms with Gasteiger partial charge in [0.2, 0.25) is 0 Å². The summed E-state index contributed by atoms with van der Waals surface area (Å²) in [5, 5.41) is 4.31. The van der Waals surface area contributed by atoms with Crippen LogP contribution in [-0.2, 0) is 17.9 Å². The quantitative estimate of drug-likeness (QED) is 0.614. The van der Waals surface area contributed by atoms with Crippen molar-refractivity contribution in [2.75, 3.05) is 0 Å². The molecule has 98 valence electrons. The highest BCUT2D eigenvalue weighted by Crippen LogP contribution is 2.23. The smallest absolute Gasteiger partial charge is 0.142 e. The number of benzene rings is 2. The molecule has 2 aromatic rings. The van der Waals surface area contributed by atoms with Crippen LogP contribution in [0.2, 0.25) is 0 Å². The van der Waals surface area contributed by atoms with E-state index in [9.17, 15) is 0 Å². The molecule has 0 bridgehead atoms. The third-order valence-corrected chi connectivity index (χ3v) is 3.68. The minimum Gasteiger partial charge on any atom is -0.391 e. The summed E-state index contributed by atoms with van der Waals surface area (Å²) >= 11 is 0. The van der Waals surface area contributed by atoms with Crippen LogP contribution in [0, 0.1) is 6.92 Å². The summed E-state index contributed by atoms with van der Waals surface area (Å²) in [5.74, 6) is 0. The van der Waals surface area contributed by atoms with Gasteiger partial charge in [-0.25, -0.2) is 0 Å². The number of rotatable bonds is 3. The van der Waals surface area contributed by atoms with Crippen molar-refractivity contribution in [1.82, 2.24) is 0 Å². The number of nitrogens with zero attached hydrogens (tertiary/aromatic N) is 1. The average molecular weight is 261 g/mol. The van der Waals surface area contributed by atoms with Crippen LogP contribution in [0.3, 0.4) is 0 Å². The maximum Gasteiger partial charge on any atom is 0.142 e. The van der Waals surface area contributed by atoms with Gasteiger partial charge in [-0.3, -0.25) is 0 Å². The SMILES string of the molecule is [B]c1cc2c(cc1C)/C(=N/OCc1ccccc1)CC2. The second kappa shape index (κ2) is 5.54. The van der Waals surface area contributed by atoms with Crippen LogP contribution >= 0.6 is 0 Å². The van der Waals surface area contributed by atoms with Crippen LogP contribution in [0.15, 0.2) is 47.6 Å². The molecule has 3 rings (SSSR count). The molecule has 0 heterocycles. The van der Waals surface area contributed by atoms with Crippen molar-refractivity contribution in [2.24, 2.45) is 5.16 Å². The van der Waals surface area contributed by atoms with Gasteiger partial charge < -0.3 is 4.84 Å². The minimum absolute atomic E-state index is 0.508. The lowest BCUT2D eigenvalue weighted by Crippen LogP contribution is -2.09. The monoisotopic (exact) mass is 261 g/mol. The lowest BCUT2D eigenvalue weighted by molar-refractivity contribution is 0.130. The molecular formula is C17H16BNO. The van der Waals surface area contributed by atoms with Gasteiger partial charge in [0.15, 0.2) is 0 Å². The van der Waals surface area contributed by atoms with E-state index in [2.05, 4.69) is 17.3 Å². The largest absolute Gasteiger partial charge is 0.391 e. The number of fused-ring (bicyclic) bond motifs is 1. The first-order valence-corrected chi connectivity index (χ1v) is 6.86. The summed E-state index contributed by atoms with van der Waals surface area (Å²) in [6, 6.07) is 14.2. The number of hydrogen-bond acceptors (Lipinski definition) is 2. The fraction of sp³-hybridized carbons (Fsp3) is 0.235. The van der Waals surface area contributed by atoms with Crippen molar-refractivity contribution in [2.45, 2.75) is 26.4 Å². The molecule has 0 amide bonds. The predicted octanol–water partition coefficient (Wildman–Crippen LogP) is 2.66. The molecule has 0 unspecified atom stereocenters. The Morgan fingerprint density at radius 3 is 2.75 bits per heavy atom. The van der Waals surface area contributed by atoms with Crippen LogP contribution in [0.25, 0.3) is 0 Å². The van der Waals surface area contributed by atoms with Crippen molar-refractivity contribution in [3.8, 4) is 0 Å². The Bertz CT molecular complexity index is 650. The van der Waals surface area contributed by atoms with E-state index in [4.69, 9.17) is 12.7 Å². The molecule has 2 radical (unpaired) electrons. The van der Waals surface area contributed by atoms with E-state index in [1.807, 2.05) is 37.3 Å². The zero-order valence-corrected chi connectivity index (χ0v) is 11.6. The van der Waals surface area contributed by atoms with Crippen LogP contribution in [0.5, 0.6) is 0 Å². The molecule has 3 heteroatoms. The molecule has 0 fully saturated rings. The van der Waals surface area contributed by atoms with E-state index in [-0.39, 0.29) is 0 Å². The summed E-state index contributed by atoms with van der Waals surface area (Å²) in [6.07, 6.45) is 1.92. The van der Waals surface area contributed by atoms with Crippen molar-refractivity contribution in [3.63, 3.8) is 0 Å². The summed E-state index contributed by atoms with van der Waals surface area (Å²) < 4.78 is 0. The standard InChI is InChI=1S/C17H16BNO/c1-12-9-15-14(10-16(12)18)7-8-17(15)19-20-11-13-5-3-2-4-6-13/h2-6,9-10H,7-8,11H2,1H3/b19-17+. The molecule has 1 aliphatic carbocycles. The number of aryl methyl sites for hydroxylation is 2. The third kappa shape index (κ3) is 2.62. The molecule has 20 heavy (non-hydrogen) atoms. The van der Waals surface area contributed by atoms with Crippen molar-refractivity contribution in [3.05, 3.63) is 64.7 Å². The first-order chi connectivity index (χ1) is 9.74. The van der Waals surface area contributed by atoms with E-state index >= 15 is 0 Å². The Morgan fingerprint density at radius 2 is 1.95 bits per heavy atom. The van der Waals surface area contributed by atoms with Crippen LogP contribution < -0.4 is 5.46 Å². The zero-order chi connectivity index (χ0) is 13.9. The average Bonchev–Trinajstić information content (AvgIpc) is 2.83. The Balaban J connectivity index is 1.74. The first kappa shape index (κ1) is 13.0. The highest BCUT2D eigenvalue weighted by atomic mass is 16.6. The van der Waals surface area contributed by atoms with Gasteiger partial charge in [0.1, 0.15) is 14.5 Å². The van der Waals surface area contributed by atoms with Gasteiger partial charge in [0.05, 0.1) is 5.71 Å². The second-order valence-corrected chi connectivity index (χ2v) is 5.16. The topological polar surface area (TPSA) is 21.6 Å². The molecule has 2 nitrogen and oxygen atoms in total. The fourth-order valence-corrected chi connectivity index (χ4v) is 2.49. The summed E-state index contributed by atoms with van der Waals surface area (Å²) in [4.78, 5) is 5.49. The van der Waals surface area contributed by atoms with Crippen molar-refractivity contribution >= 4 is 19.0 Å². The predicted molar refractivity (Wildman–Crippen MR) is 82.7 cm³/mol. The first-order valence-electron chi connectivity index (χ1n) is 6.86. The van der Waals surface area contributed by atoms with Gasteiger partial charge in [0.25, 0.3) is 0 Å². The van der Waals surface area contributed by atoms with Gasteiger partial charge >= 0.3 is 0 Å². The molecule has 1 aliphatic rings. The highest BCUT2D eigenvalue weighted by Gasteiger charge is 2.19. The third-order valence-electron chi connectivity index (χ3n) is 3.68. The maximum absolute atomic E-state index is 5.94. The van der Waals surface area contributed by atoms with E-state index in [0.29, 0.717) is 6.61 Å². The van der Waals surface area contributed by atoms with Crippen molar-refractivity contribution in [1.29, 1.82) is 0 Å². The van der Waals surface area contributed by atoms with Gasteiger partial charge in [-0.2, -0.15) is 0 Å². The number of hydrogen-bond donors (Lipinski definition) is 0. The second-order valence-electron chi connectivity index (χ2n) is 5.16. The minimum atomic E-state index is 0.508. The number of oxime groups is 1. The molecule has 2 aromatic carbocycles. The Hall–Kier alpha value is -2.03. The Kier molecular flexibility index (Phi) is 3.59. The van der Waals surface area contributed by atoms with E-state index in [0.717, 1.165) is 35.1 Å². The Morgan fingerprint density at radius 1 is 1.15 bits per heavy atom. The van der Waals surface area contributed by atoms with Gasteiger partial charge in [-0.15, -0.1) is 0 Å². The lowest BCUT2D eigenvalue weighted by Gasteiger charge is -2.06. The van der Waals surface area contributed by atoms with Crippen LogP contribution in [0.1, 0.15) is 28.7 Å². The zero-order valence-electron chi connectivity index (χ0n) is 11.6. The summed E-state index contributed by atoms with van der Waals surface area (Å²) in [5.41, 5.74) is 6.57. The molecule has 0 aromatic heterocycles. The van der Waals surface area contributed by atoms with Gasteiger partial charge in [-0.05, 0) is 30.9 Å². The normalized spacial score (nSPS) is 15.3. The molecule has 0 aliphatic heterocycles. The van der Waals surface area contributed by atoms with Gasteiger partial charge in [0, 0.05) is 5.56 Å². The van der Waals surface area contributed by atoms with E-state index in [1.54, 1.807) is 0 Å². The molecule has 0 saturated heterocycles. The van der Waals surface area contributed by atoms with Crippen LogP contribution in [-0.4, -0.2) is 13.6 Å². The molecule has 0 atom stereocenters. The summed E-state index contributed by atoms with van der Waals surface area (Å²) in [6.45, 7) is 2.53. The lowest BCUT2D eigenvalue weighted by atomic mass is 9.88. The van der Waals surface area contributed by atoms with E-state index in [1.165, 1.54) is 11.1 Å². The summed E-state index contributed by atoms with van der Waals surface area (Å²) in [7, 11) is 5.94. The highest BCUT2D eigenvalue weighted by molar-refractivity contribution is 6.33.